The predicted molar refractivity (Wildman–Crippen MR) is 41.7 cm³/mol. The van der Waals surface area contributed by atoms with Crippen molar-refractivity contribution in [1.29, 1.82) is 0 Å². The van der Waals surface area contributed by atoms with E-state index in [1.54, 1.807) is 0 Å². The predicted octanol–water partition coefficient (Wildman–Crippen LogP) is -0.104. The fraction of sp³-hybridized carbons (Fsp3) is 0.571. The van der Waals surface area contributed by atoms with Crippen molar-refractivity contribution in [3.8, 4) is 0 Å². The number of hydrogen-bond acceptors (Lipinski definition) is 2. The van der Waals surface area contributed by atoms with E-state index < -0.39 is 0 Å². The summed E-state index contributed by atoms with van der Waals surface area (Å²) in [7, 11) is 1.85. The molecule has 10 heavy (non-hydrogen) atoms. The molecule has 0 bridgehead atoms. The molecule has 0 saturated heterocycles. The molecular weight excluding hydrogens is 128 g/mol. The van der Waals surface area contributed by atoms with Gasteiger partial charge in [0, 0.05) is 12.6 Å². The van der Waals surface area contributed by atoms with Crippen LogP contribution >= 0.6 is 0 Å². The highest BCUT2D eigenvalue weighted by Crippen LogP contribution is 1.75. The molecule has 1 atom stereocenters. The van der Waals surface area contributed by atoms with Crippen molar-refractivity contribution in [2.75, 3.05) is 13.6 Å². The summed E-state index contributed by atoms with van der Waals surface area (Å²) >= 11 is 0. The molecule has 0 spiro atoms. The molecule has 1 amide bonds. The molecule has 0 rings (SSSR count). The number of carbonyl (C=O) groups excluding carboxylic acids is 1. The molecule has 1 unspecified atom stereocenters. The van der Waals surface area contributed by atoms with E-state index in [-0.39, 0.29) is 5.91 Å². The highest BCUT2D eigenvalue weighted by Gasteiger charge is 1.97. The number of rotatable bonds is 4. The first-order chi connectivity index (χ1) is 4.70. The van der Waals surface area contributed by atoms with E-state index in [4.69, 9.17) is 0 Å². The molecule has 0 aromatic carbocycles. The summed E-state index contributed by atoms with van der Waals surface area (Å²) in [5, 5.41) is 5.66. The lowest BCUT2D eigenvalue weighted by molar-refractivity contribution is -0.116. The maximum Gasteiger partial charge on any atom is 0.243 e. The van der Waals surface area contributed by atoms with Crippen molar-refractivity contribution in [1.82, 2.24) is 10.6 Å². The highest BCUT2D eigenvalue weighted by molar-refractivity contribution is 5.86. The Balaban J connectivity index is 3.34. The van der Waals surface area contributed by atoms with E-state index in [1.807, 2.05) is 14.0 Å². The van der Waals surface area contributed by atoms with Crippen LogP contribution < -0.4 is 10.6 Å². The van der Waals surface area contributed by atoms with Gasteiger partial charge in [0.1, 0.15) is 0 Å². The first-order valence-electron chi connectivity index (χ1n) is 3.28. The average Bonchev–Trinajstić information content (AvgIpc) is 1.99. The second-order valence-electron chi connectivity index (χ2n) is 2.14. The van der Waals surface area contributed by atoms with E-state index in [0.717, 1.165) is 0 Å². The molecule has 0 aliphatic carbocycles. The molecular formula is C7H14N2O. The van der Waals surface area contributed by atoms with E-state index >= 15 is 0 Å². The van der Waals surface area contributed by atoms with E-state index in [2.05, 4.69) is 17.2 Å². The van der Waals surface area contributed by atoms with Crippen LogP contribution in [-0.4, -0.2) is 25.5 Å². The quantitative estimate of drug-likeness (QED) is 0.538. The van der Waals surface area contributed by atoms with Gasteiger partial charge in [-0.1, -0.05) is 6.58 Å². The van der Waals surface area contributed by atoms with Crippen molar-refractivity contribution in [2.24, 2.45) is 0 Å². The van der Waals surface area contributed by atoms with Crippen LogP contribution in [0, 0.1) is 0 Å². The van der Waals surface area contributed by atoms with E-state index in [0.29, 0.717) is 12.6 Å². The summed E-state index contributed by atoms with van der Waals surface area (Å²) in [4.78, 5) is 10.6. The molecule has 0 fully saturated rings. The summed E-state index contributed by atoms with van der Waals surface area (Å²) in [6.07, 6.45) is 1.27. The van der Waals surface area contributed by atoms with Crippen molar-refractivity contribution in [3.05, 3.63) is 12.7 Å². The van der Waals surface area contributed by atoms with Gasteiger partial charge in [-0.15, -0.1) is 0 Å². The van der Waals surface area contributed by atoms with Crippen molar-refractivity contribution >= 4 is 5.91 Å². The summed E-state index contributed by atoms with van der Waals surface area (Å²) in [5.41, 5.74) is 0. The molecule has 2 N–H and O–H groups in total. The molecule has 0 aromatic heterocycles. The SMILES string of the molecule is C=CC(=O)NCC(C)NC. The second kappa shape index (κ2) is 4.99. The Kier molecular flexibility index (Phi) is 4.58. The molecule has 0 aromatic rings. The third-order valence-electron chi connectivity index (χ3n) is 1.26. The van der Waals surface area contributed by atoms with Crippen molar-refractivity contribution in [3.63, 3.8) is 0 Å². The lowest BCUT2D eigenvalue weighted by Gasteiger charge is -2.09. The Hall–Kier alpha value is -0.830. The third-order valence-corrected chi connectivity index (χ3v) is 1.26. The number of hydrogen-bond donors (Lipinski definition) is 2. The van der Waals surface area contributed by atoms with Crippen molar-refractivity contribution < 1.29 is 4.79 Å². The van der Waals surface area contributed by atoms with Crippen LogP contribution in [0.3, 0.4) is 0 Å². The Morgan fingerprint density at radius 1 is 1.80 bits per heavy atom. The smallest absolute Gasteiger partial charge is 0.243 e. The molecule has 3 nitrogen and oxygen atoms in total. The Morgan fingerprint density at radius 3 is 2.80 bits per heavy atom. The maximum atomic E-state index is 10.6. The van der Waals surface area contributed by atoms with Crippen LogP contribution in [0.2, 0.25) is 0 Å². The zero-order valence-electron chi connectivity index (χ0n) is 6.48. The number of carbonyl (C=O) groups is 1. The Morgan fingerprint density at radius 2 is 2.40 bits per heavy atom. The Bertz CT molecular complexity index is 123. The second-order valence-corrected chi connectivity index (χ2v) is 2.14. The van der Waals surface area contributed by atoms with Crippen LogP contribution in [-0.2, 0) is 4.79 Å². The molecule has 0 aliphatic rings. The normalized spacial score (nSPS) is 12.2. The van der Waals surface area contributed by atoms with E-state index in [9.17, 15) is 4.79 Å². The summed E-state index contributed by atoms with van der Waals surface area (Å²) < 4.78 is 0. The number of amides is 1. The molecule has 58 valence electrons. The van der Waals surface area contributed by atoms with Crippen LogP contribution in [0.5, 0.6) is 0 Å². The molecule has 3 heteroatoms. The molecule has 0 radical (unpaired) electrons. The summed E-state index contributed by atoms with van der Waals surface area (Å²) in [6, 6.07) is 0.309. The van der Waals surface area contributed by atoms with Gasteiger partial charge in [0.25, 0.3) is 0 Å². The largest absolute Gasteiger partial charge is 0.351 e. The highest BCUT2D eigenvalue weighted by atomic mass is 16.1. The van der Waals surface area contributed by atoms with Gasteiger partial charge in [0.15, 0.2) is 0 Å². The number of nitrogens with one attached hydrogen (secondary N) is 2. The molecule has 0 saturated carbocycles. The maximum absolute atomic E-state index is 10.6. The zero-order chi connectivity index (χ0) is 7.98. The summed E-state index contributed by atoms with van der Waals surface area (Å²) in [6.45, 7) is 5.96. The van der Waals surface area contributed by atoms with Crippen LogP contribution in [0.4, 0.5) is 0 Å². The fourth-order valence-electron chi connectivity index (χ4n) is 0.428. The van der Waals surface area contributed by atoms with Gasteiger partial charge in [-0.05, 0) is 20.0 Å². The summed E-state index contributed by atoms with van der Waals surface area (Å²) in [5.74, 6) is -0.123. The van der Waals surface area contributed by atoms with Gasteiger partial charge in [0.05, 0.1) is 0 Å². The van der Waals surface area contributed by atoms with Gasteiger partial charge in [-0.3, -0.25) is 4.79 Å². The van der Waals surface area contributed by atoms with E-state index in [1.165, 1.54) is 6.08 Å². The Labute approximate surface area is 61.5 Å². The van der Waals surface area contributed by atoms with Gasteiger partial charge in [-0.2, -0.15) is 0 Å². The minimum Gasteiger partial charge on any atom is -0.351 e. The van der Waals surface area contributed by atoms with Gasteiger partial charge < -0.3 is 10.6 Å². The fourth-order valence-corrected chi connectivity index (χ4v) is 0.428. The molecule has 0 heterocycles. The average molecular weight is 142 g/mol. The van der Waals surface area contributed by atoms with Gasteiger partial charge in [-0.25, -0.2) is 0 Å². The third kappa shape index (κ3) is 4.09. The molecule has 0 aliphatic heterocycles. The lowest BCUT2D eigenvalue weighted by Crippen LogP contribution is -2.36. The monoisotopic (exact) mass is 142 g/mol. The minimum atomic E-state index is -0.123. The standard InChI is InChI=1S/C7H14N2O/c1-4-7(10)9-5-6(2)8-3/h4,6,8H,1,5H2,2-3H3,(H,9,10). The minimum absolute atomic E-state index is 0.123. The van der Waals surface area contributed by atoms with Crippen molar-refractivity contribution in [2.45, 2.75) is 13.0 Å². The zero-order valence-corrected chi connectivity index (χ0v) is 6.48. The number of likely N-dealkylation sites (N-methyl/N-ethyl adjacent to an activating group) is 1. The van der Waals surface area contributed by atoms with Crippen LogP contribution in [0.15, 0.2) is 12.7 Å². The first-order valence-corrected chi connectivity index (χ1v) is 3.28. The topological polar surface area (TPSA) is 41.1 Å². The van der Waals surface area contributed by atoms with Crippen LogP contribution in [0.25, 0.3) is 0 Å². The van der Waals surface area contributed by atoms with Gasteiger partial charge in [0.2, 0.25) is 5.91 Å². The lowest BCUT2D eigenvalue weighted by atomic mass is 10.3. The van der Waals surface area contributed by atoms with Crippen LogP contribution in [0.1, 0.15) is 6.92 Å². The first kappa shape index (κ1) is 9.17. The van der Waals surface area contributed by atoms with Gasteiger partial charge >= 0.3 is 0 Å².